The Morgan fingerprint density at radius 3 is 2.57 bits per heavy atom. The first-order valence-corrected chi connectivity index (χ1v) is 8.16. The van der Waals surface area contributed by atoms with Gasteiger partial charge >= 0.3 is 0 Å². The molecule has 9 nitrogen and oxygen atoms in total. The quantitative estimate of drug-likeness (QED) is 0.357. The number of nitrogens with zero attached hydrogens (tertiary/aromatic N) is 2. The van der Waals surface area contributed by atoms with Crippen molar-refractivity contribution >= 4 is 23.6 Å². The van der Waals surface area contributed by atoms with Crippen molar-refractivity contribution in [1.29, 1.82) is 0 Å². The number of nitro groups is 1. The van der Waals surface area contributed by atoms with Crippen molar-refractivity contribution < 1.29 is 14.5 Å². The number of aromatic nitrogens is 2. The maximum atomic E-state index is 12.1. The lowest BCUT2D eigenvalue weighted by Crippen LogP contribution is -2.40. The molecule has 3 N–H and O–H groups in total. The van der Waals surface area contributed by atoms with Crippen LogP contribution in [0.4, 0.5) is 5.69 Å². The number of rotatable bonds is 5. The average molecular weight is 377 g/mol. The molecule has 140 valence electrons. The minimum atomic E-state index is -0.595. The van der Waals surface area contributed by atoms with Crippen LogP contribution >= 0.6 is 0 Å². The predicted octanol–water partition coefficient (Wildman–Crippen LogP) is 2.46. The minimum Gasteiger partial charge on any atom is -0.272 e. The molecule has 1 heterocycles. The Balaban J connectivity index is 1.56. The van der Waals surface area contributed by atoms with E-state index in [1.54, 1.807) is 12.1 Å². The molecule has 0 aliphatic heterocycles. The fourth-order valence-corrected chi connectivity index (χ4v) is 2.34. The number of nitrogens with one attached hydrogen (secondary N) is 3. The fraction of sp³-hybridized carbons (Fsp3) is 0. The van der Waals surface area contributed by atoms with Crippen molar-refractivity contribution in [2.24, 2.45) is 0 Å². The van der Waals surface area contributed by atoms with E-state index in [0.29, 0.717) is 11.3 Å². The van der Waals surface area contributed by atoms with Gasteiger partial charge in [0.25, 0.3) is 17.5 Å². The lowest BCUT2D eigenvalue weighted by Gasteiger charge is -2.03. The largest absolute Gasteiger partial charge is 0.287 e. The van der Waals surface area contributed by atoms with Crippen LogP contribution in [0.5, 0.6) is 0 Å². The van der Waals surface area contributed by atoms with Crippen LogP contribution in [0.2, 0.25) is 0 Å². The summed E-state index contributed by atoms with van der Waals surface area (Å²) in [6, 6.07) is 16.7. The van der Waals surface area contributed by atoms with Gasteiger partial charge in [-0.3, -0.25) is 35.7 Å². The van der Waals surface area contributed by atoms with Crippen LogP contribution in [0, 0.1) is 10.1 Å². The molecule has 0 aliphatic carbocycles. The Morgan fingerprint density at radius 2 is 1.82 bits per heavy atom. The van der Waals surface area contributed by atoms with Crippen LogP contribution in [0.3, 0.4) is 0 Å². The predicted molar refractivity (Wildman–Crippen MR) is 102 cm³/mol. The van der Waals surface area contributed by atoms with E-state index in [9.17, 15) is 19.7 Å². The number of nitro benzene ring substituents is 1. The van der Waals surface area contributed by atoms with Crippen LogP contribution in [0.15, 0.2) is 66.7 Å². The Hall–Kier alpha value is -4.27. The first-order chi connectivity index (χ1) is 13.5. The van der Waals surface area contributed by atoms with Crippen LogP contribution < -0.4 is 10.9 Å². The van der Waals surface area contributed by atoms with Gasteiger partial charge in [0.15, 0.2) is 0 Å². The van der Waals surface area contributed by atoms with Crippen molar-refractivity contribution in [1.82, 2.24) is 21.0 Å². The van der Waals surface area contributed by atoms with Crippen LogP contribution in [-0.2, 0) is 4.79 Å². The van der Waals surface area contributed by atoms with Gasteiger partial charge in [-0.05, 0) is 17.7 Å². The second kappa shape index (κ2) is 8.41. The maximum Gasteiger partial charge on any atom is 0.287 e. The minimum absolute atomic E-state index is 0.0793. The highest BCUT2D eigenvalue weighted by Gasteiger charge is 2.11. The third-order valence-corrected chi connectivity index (χ3v) is 3.70. The number of amides is 2. The summed E-state index contributed by atoms with van der Waals surface area (Å²) in [4.78, 5) is 34.1. The molecule has 3 rings (SSSR count). The Bertz CT molecular complexity index is 1040. The van der Waals surface area contributed by atoms with E-state index in [-0.39, 0.29) is 11.4 Å². The Labute approximate surface area is 159 Å². The molecule has 1 aromatic heterocycles. The molecule has 0 saturated carbocycles. The van der Waals surface area contributed by atoms with Crippen molar-refractivity contribution in [3.63, 3.8) is 0 Å². The molecule has 0 bridgehead atoms. The molecule has 3 aromatic rings. The summed E-state index contributed by atoms with van der Waals surface area (Å²) >= 11 is 0. The van der Waals surface area contributed by atoms with Gasteiger partial charge in [-0.1, -0.05) is 42.5 Å². The molecule has 2 aromatic carbocycles. The summed E-state index contributed by atoms with van der Waals surface area (Å²) < 4.78 is 0. The van der Waals surface area contributed by atoms with Gasteiger partial charge < -0.3 is 0 Å². The highest BCUT2D eigenvalue weighted by atomic mass is 16.6. The molecule has 0 atom stereocenters. The lowest BCUT2D eigenvalue weighted by atomic mass is 10.1. The average Bonchev–Trinajstić information content (AvgIpc) is 3.22. The SMILES string of the molecule is O=C(C=Cc1cccc([N+](=O)[O-])c1)NNC(=O)c1cc(-c2ccccc2)n[nH]1. The van der Waals surface area contributed by atoms with Crippen LogP contribution in [0.25, 0.3) is 17.3 Å². The zero-order chi connectivity index (χ0) is 19.9. The van der Waals surface area contributed by atoms with E-state index in [1.165, 1.54) is 24.3 Å². The number of hydrogen-bond donors (Lipinski definition) is 3. The number of aromatic amines is 1. The van der Waals surface area contributed by atoms with Gasteiger partial charge in [-0.15, -0.1) is 0 Å². The maximum absolute atomic E-state index is 12.1. The van der Waals surface area contributed by atoms with Crippen LogP contribution in [-0.4, -0.2) is 26.9 Å². The molecule has 0 unspecified atom stereocenters. The zero-order valence-corrected chi connectivity index (χ0v) is 14.5. The number of H-pyrrole nitrogens is 1. The van der Waals surface area contributed by atoms with Crippen molar-refractivity contribution in [3.8, 4) is 11.3 Å². The molecule has 28 heavy (non-hydrogen) atoms. The second-order valence-corrected chi connectivity index (χ2v) is 5.66. The first-order valence-electron chi connectivity index (χ1n) is 8.16. The number of carbonyl (C=O) groups is 2. The first kappa shape index (κ1) is 18.5. The topological polar surface area (TPSA) is 130 Å². The summed E-state index contributed by atoms with van der Waals surface area (Å²) in [6.07, 6.45) is 2.56. The number of carbonyl (C=O) groups excluding carboxylic acids is 2. The van der Waals surface area contributed by atoms with Gasteiger partial charge in [0.1, 0.15) is 5.69 Å². The van der Waals surface area contributed by atoms with Crippen molar-refractivity contribution in [2.45, 2.75) is 0 Å². The smallest absolute Gasteiger partial charge is 0.272 e. The number of hydrogen-bond acceptors (Lipinski definition) is 5. The molecule has 0 radical (unpaired) electrons. The molecule has 2 amide bonds. The number of non-ortho nitro benzene ring substituents is 1. The van der Waals surface area contributed by atoms with Crippen molar-refractivity contribution in [2.75, 3.05) is 0 Å². The monoisotopic (exact) mass is 377 g/mol. The van der Waals surface area contributed by atoms with Gasteiger partial charge in [-0.2, -0.15) is 5.10 Å². The summed E-state index contributed by atoms with van der Waals surface area (Å²) in [5, 5.41) is 17.4. The third-order valence-electron chi connectivity index (χ3n) is 3.70. The van der Waals surface area contributed by atoms with E-state index in [2.05, 4.69) is 21.0 Å². The van der Waals surface area contributed by atoms with E-state index >= 15 is 0 Å². The van der Waals surface area contributed by atoms with Gasteiger partial charge in [-0.25, -0.2) is 0 Å². The van der Waals surface area contributed by atoms with Crippen LogP contribution in [0.1, 0.15) is 16.1 Å². The fourth-order valence-electron chi connectivity index (χ4n) is 2.34. The molecule has 0 aliphatic rings. The molecule has 0 saturated heterocycles. The van der Waals surface area contributed by atoms with E-state index in [1.807, 2.05) is 30.3 Å². The van der Waals surface area contributed by atoms with Gasteiger partial charge in [0.2, 0.25) is 0 Å². The van der Waals surface area contributed by atoms with E-state index in [0.717, 1.165) is 11.6 Å². The Kier molecular flexibility index (Phi) is 5.56. The number of benzene rings is 2. The van der Waals surface area contributed by atoms with Gasteiger partial charge in [0, 0.05) is 23.8 Å². The molecular weight excluding hydrogens is 362 g/mol. The highest BCUT2D eigenvalue weighted by molar-refractivity contribution is 5.97. The van der Waals surface area contributed by atoms with E-state index < -0.39 is 16.7 Å². The van der Waals surface area contributed by atoms with E-state index in [4.69, 9.17) is 0 Å². The van der Waals surface area contributed by atoms with Crippen molar-refractivity contribution in [3.05, 3.63) is 88.1 Å². The summed E-state index contributed by atoms with van der Waals surface area (Å²) in [6.45, 7) is 0. The normalized spacial score (nSPS) is 10.6. The molecule has 0 fully saturated rings. The summed E-state index contributed by atoms with van der Waals surface area (Å²) in [5.74, 6) is -1.16. The third kappa shape index (κ3) is 4.67. The molecule has 0 spiro atoms. The standard InChI is InChI=1S/C19H15N5O4/c25-18(10-9-13-5-4-8-15(11-13)24(27)28)22-23-19(26)17-12-16(20-21-17)14-6-2-1-3-7-14/h1-12H,(H,20,21)(H,22,25)(H,23,26). The Morgan fingerprint density at radius 1 is 1.04 bits per heavy atom. The summed E-state index contributed by atoms with van der Waals surface area (Å²) in [7, 11) is 0. The molecule has 9 heteroatoms. The highest BCUT2D eigenvalue weighted by Crippen LogP contribution is 2.16. The second-order valence-electron chi connectivity index (χ2n) is 5.66. The summed E-state index contributed by atoms with van der Waals surface area (Å²) in [5.41, 5.74) is 6.53. The number of hydrazine groups is 1. The zero-order valence-electron chi connectivity index (χ0n) is 14.5. The van der Waals surface area contributed by atoms with Gasteiger partial charge in [0.05, 0.1) is 10.6 Å². The lowest BCUT2D eigenvalue weighted by molar-refractivity contribution is -0.384. The molecular formula is C19H15N5O4.